The summed E-state index contributed by atoms with van der Waals surface area (Å²) in [6, 6.07) is 0. The van der Waals surface area contributed by atoms with E-state index in [0.717, 1.165) is 19.3 Å². The van der Waals surface area contributed by atoms with Crippen LogP contribution in [0.15, 0.2) is 12.2 Å². The Morgan fingerprint density at radius 2 is 2.11 bits per heavy atom. The number of allylic oxidation sites excluding steroid dienone is 2. The quantitative estimate of drug-likeness (QED) is 0.382. The molecule has 0 aliphatic heterocycles. The van der Waals surface area contributed by atoms with Gasteiger partial charge in [-0.1, -0.05) is 12.2 Å². The van der Waals surface area contributed by atoms with E-state index in [1.165, 1.54) is 0 Å². The smallest absolute Gasteiger partial charge is 0.0530 e. The van der Waals surface area contributed by atoms with Crippen molar-refractivity contribution >= 4 is 23.2 Å². The first-order chi connectivity index (χ1) is 4.29. The first-order valence-corrected chi connectivity index (χ1v) is 4.11. The van der Waals surface area contributed by atoms with Crippen LogP contribution < -0.4 is 0 Å². The molecule has 0 amide bonds. The number of halogens is 2. The van der Waals surface area contributed by atoms with Gasteiger partial charge < -0.3 is 0 Å². The molecule has 0 nitrogen and oxygen atoms in total. The Hall–Kier alpha value is 0.320. The van der Waals surface area contributed by atoms with Gasteiger partial charge in [-0.25, -0.2) is 0 Å². The van der Waals surface area contributed by atoms with Crippen molar-refractivity contribution in [3.63, 3.8) is 0 Å². The highest BCUT2D eigenvalue weighted by Gasteiger charge is 2.11. The van der Waals surface area contributed by atoms with Gasteiger partial charge in [-0.3, -0.25) is 0 Å². The van der Waals surface area contributed by atoms with E-state index in [-0.39, 0.29) is 10.8 Å². The van der Waals surface area contributed by atoms with Crippen molar-refractivity contribution in [3.8, 4) is 0 Å². The highest BCUT2D eigenvalue weighted by molar-refractivity contribution is 6.24. The molecule has 0 aromatic carbocycles. The molecule has 0 saturated carbocycles. The average molecular weight is 165 g/mol. The highest BCUT2D eigenvalue weighted by atomic mass is 35.5. The van der Waals surface area contributed by atoms with Crippen LogP contribution in [0.3, 0.4) is 0 Å². The molecule has 0 radical (unpaired) electrons. The predicted octanol–water partition coefficient (Wildman–Crippen LogP) is 2.94. The second-order valence-corrected chi connectivity index (χ2v) is 3.53. The standard InChI is InChI=1S/C7H10Cl2/c8-6-3-1-2-4-7(9)5-6/h1,3,6-7H,2,4-5H2. The first kappa shape index (κ1) is 7.43. The first-order valence-electron chi connectivity index (χ1n) is 3.24. The van der Waals surface area contributed by atoms with Crippen molar-refractivity contribution < 1.29 is 0 Å². The summed E-state index contributed by atoms with van der Waals surface area (Å²) in [5, 5.41) is 0.442. The van der Waals surface area contributed by atoms with Gasteiger partial charge in [-0.15, -0.1) is 23.2 Å². The van der Waals surface area contributed by atoms with Crippen LogP contribution in [-0.4, -0.2) is 10.8 Å². The summed E-state index contributed by atoms with van der Waals surface area (Å²) >= 11 is 11.7. The highest BCUT2D eigenvalue weighted by Crippen LogP contribution is 2.20. The molecule has 0 heterocycles. The molecule has 52 valence electrons. The maximum atomic E-state index is 5.89. The molecule has 1 aliphatic rings. The molecule has 0 aromatic rings. The maximum absolute atomic E-state index is 5.89. The summed E-state index contributed by atoms with van der Waals surface area (Å²) in [5.74, 6) is 0. The normalized spacial score (nSPS) is 36.2. The van der Waals surface area contributed by atoms with E-state index in [2.05, 4.69) is 6.08 Å². The van der Waals surface area contributed by atoms with E-state index in [4.69, 9.17) is 23.2 Å². The molecule has 2 atom stereocenters. The Kier molecular flexibility index (Phi) is 2.87. The molecule has 0 bridgehead atoms. The topological polar surface area (TPSA) is 0 Å². The van der Waals surface area contributed by atoms with Crippen molar-refractivity contribution in [1.82, 2.24) is 0 Å². The third kappa shape index (κ3) is 2.59. The fourth-order valence-electron chi connectivity index (χ4n) is 0.962. The Morgan fingerprint density at radius 3 is 2.89 bits per heavy atom. The monoisotopic (exact) mass is 164 g/mol. The summed E-state index contributed by atoms with van der Waals surface area (Å²) < 4.78 is 0. The molecule has 0 fully saturated rings. The SMILES string of the molecule is ClC1C=CCCC(Cl)C1. The van der Waals surface area contributed by atoms with Gasteiger partial charge in [0.25, 0.3) is 0 Å². The fourth-order valence-corrected chi connectivity index (χ4v) is 1.69. The lowest BCUT2D eigenvalue weighted by molar-refractivity contribution is 0.731. The van der Waals surface area contributed by atoms with Gasteiger partial charge in [-0.2, -0.15) is 0 Å². The van der Waals surface area contributed by atoms with Gasteiger partial charge in [0.2, 0.25) is 0 Å². The largest absolute Gasteiger partial charge is 0.123 e. The number of alkyl halides is 2. The molecule has 9 heavy (non-hydrogen) atoms. The molecule has 0 spiro atoms. The number of rotatable bonds is 0. The van der Waals surface area contributed by atoms with E-state index >= 15 is 0 Å². The zero-order chi connectivity index (χ0) is 6.69. The van der Waals surface area contributed by atoms with Gasteiger partial charge in [-0.05, 0) is 19.3 Å². The molecule has 1 aliphatic carbocycles. The summed E-state index contributed by atoms with van der Waals surface area (Å²) in [6.45, 7) is 0. The van der Waals surface area contributed by atoms with Crippen LogP contribution in [-0.2, 0) is 0 Å². The lowest BCUT2D eigenvalue weighted by Gasteiger charge is -2.05. The van der Waals surface area contributed by atoms with E-state index in [1.807, 2.05) is 6.08 Å². The molecule has 0 aromatic heterocycles. The van der Waals surface area contributed by atoms with Crippen LogP contribution in [0.4, 0.5) is 0 Å². The average Bonchev–Trinajstić information content (AvgIpc) is 1.93. The summed E-state index contributed by atoms with van der Waals surface area (Å²) in [4.78, 5) is 0. The van der Waals surface area contributed by atoms with Crippen molar-refractivity contribution in [2.45, 2.75) is 30.0 Å². The number of hydrogen-bond acceptors (Lipinski definition) is 0. The minimum absolute atomic E-state index is 0.162. The molecule has 0 N–H and O–H groups in total. The van der Waals surface area contributed by atoms with E-state index < -0.39 is 0 Å². The minimum atomic E-state index is 0.162. The maximum Gasteiger partial charge on any atom is 0.0530 e. The van der Waals surface area contributed by atoms with Gasteiger partial charge >= 0.3 is 0 Å². The Bertz CT molecular complexity index is 109. The van der Waals surface area contributed by atoms with Crippen LogP contribution >= 0.6 is 23.2 Å². The Labute approximate surface area is 65.8 Å². The van der Waals surface area contributed by atoms with Crippen molar-refractivity contribution in [2.24, 2.45) is 0 Å². The fraction of sp³-hybridized carbons (Fsp3) is 0.714. The van der Waals surface area contributed by atoms with Gasteiger partial charge in [0.05, 0.1) is 5.38 Å². The van der Waals surface area contributed by atoms with E-state index in [0.29, 0.717) is 0 Å². The lowest BCUT2D eigenvalue weighted by atomic mass is 10.2. The van der Waals surface area contributed by atoms with Gasteiger partial charge in [0, 0.05) is 5.38 Å². The van der Waals surface area contributed by atoms with Gasteiger partial charge in [0.15, 0.2) is 0 Å². The van der Waals surface area contributed by atoms with Crippen LogP contribution in [0, 0.1) is 0 Å². The summed E-state index contributed by atoms with van der Waals surface area (Å²) in [5.41, 5.74) is 0. The molecule has 1 rings (SSSR count). The van der Waals surface area contributed by atoms with Crippen LogP contribution in [0.1, 0.15) is 19.3 Å². The second-order valence-electron chi connectivity index (χ2n) is 2.35. The predicted molar refractivity (Wildman–Crippen MR) is 42.3 cm³/mol. The molecule has 2 unspecified atom stereocenters. The van der Waals surface area contributed by atoms with Crippen LogP contribution in [0.2, 0.25) is 0 Å². The molecule has 0 saturated heterocycles. The minimum Gasteiger partial charge on any atom is -0.123 e. The van der Waals surface area contributed by atoms with Crippen molar-refractivity contribution in [2.75, 3.05) is 0 Å². The molecule has 2 heteroatoms. The molecular formula is C7H10Cl2. The van der Waals surface area contributed by atoms with E-state index in [1.54, 1.807) is 0 Å². The summed E-state index contributed by atoms with van der Waals surface area (Å²) in [7, 11) is 0. The van der Waals surface area contributed by atoms with E-state index in [9.17, 15) is 0 Å². The second kappa shape index (κ2) is 3.48. The third-order valence-electron chi connectivity index (χ3n) is 1.47. The lowest BCUT2D eigenvalue weighted by Crippen LogP contribution is -2.02. The molecular weight excluding hydrogens is 155 g/mol. The number of hydrogen-bond donors (Lipinski definition) is 0. The zero-order valence-corrected chi connectivity index (χ0v) is 6.70. The van der Waals surface area contributed by atoms with Crippen molar-refractivity contribution in [3.05, 3.63) is 12.2 Å². The van der Waals surface area contributed by atoms with Crippen LogP contribution in [0.5, 0.6) is 0 Å². The van der Waals surface area contributed by atoms with Gasteiger partial charge in [0.1, 0.15) is 0 Å². The Morgan fingerprint density at radius 1 is 1.33 bits per heavy atom. The summed E-state index contributed by atoms with van der Waals surface area (Å²) in [6.07, 6.45) is 7.21. The van der Waals surface area contributed by atoms with Crippen molar-refractivity contribution in [1.29, 1.82) is 0 Å². The Balaban J connectivity index is 2.40. The van der Waals surface area contributed by atoms with Crippen LogP contribution in [0.25, 0.3) is 0 Å². The third-order valence-corrected chi connectivity index (χ3v) is 2.19. The zero-order valence-electron chi connectivity index (χ0n) is 5.19.